The highest BCUT2D eigenvalue weighted by molar-refractivity contribution is 14.0. The number of sulfone groups is 1. The zero-order valence-electron chi connectivity index (χ0n) is 16.4. The van der Waals surface area contributed by atoms with Crippen LogP contribution < -0.4 is 5.73 Å². The van der Waals surface area contributed by atoms with Crippen molar-refractivity contribution in [2.75, 3.05) is 63.9 Å². The van der Waals surface area contributed by atoms with Crippen molar-refractivity contribution in [1.29, 1.82) is 0 Å². The molecule has 158 valence electrons. The molecule has 2 N–H and O–H groups in total. The van der Waals surface area contributed by atoms with E-state index in [0.29, 0.717) is 58.3 Å². The SMILES string of the molecule is CC(C)(C)OC(=O)N1CCN(C(N)=NCCN2CCS(=O)(=O)CC2)CC1.I. The van der Waals surface area contributed by atoms with E-state index in [1.807, 2.05) is 25.7 Å². The molecule has 0 bridgehead atoms. The number of piperazine rings is 1. The summed E-state index contributed by atoms with van der Waals surface area (Å²) in [7, 11) is -2.85. The van der Waals surface area contributed by atoms with Gasteiger partial charge in [0.05, 0.1) is 18.1 Å². The van der Waals surface area contributed by atoms with Gasteiger partial charge in [0.15, 0.2) is 15.8 Å². The van der Waals surface area contributed by atoms with E-state index in [4.69, 9.17) is 10.5 Å². The number of ether oxygens (including phenoxy) is 1. The van der Waals surface area contributed by atoms with Gasteiger partial charge in [0, 0.05) is 45.8 Å². The van der Waals surface area contributed by atoms with Gasteiger partial charge in [0.25, 0.3) is 0 Å². The molecule has 0 spiro atoms. The van der Waals surface area contributed by atoms with Crippen LogP contribution in [-0.2, 0) is 14.6 Å². The lowest BCUT2D eigenvalue weighted by Crippen LogP contribution is -2.53. The first-order valence-corrected chi connectivity index (χ1v) is 10.8. The molecule has 2 aliphatic heterocycles. The molecule has 2 saturated heterocycles. The summed E-state index contributed by atoms with van der Waals surface area (Å²) in [4.78, 5) is 22.2. The summed E-state index contributed by atoms with van der Waals surface area (Å²) < 4.78 is 28.2. The maximum Gasteiger partial charge on any atom is 0.410 e. The van der Waals surface area contributed by atoms with Gasteiger partial charge in [-0.05, 0) is 20.8 Å². The number of carbonyl (C=O) groups is 1. The summed E-state index contributed by atoms with van der Waals surface area (Å²) >= 11 is 0. The molecule has 0 saturated carbocycles. The van der Waals surface area contributed by atoms with Crippen LogP contribution in [0.5, 0.6) is 0 Å². The van der Waals surface area contributed by atoms with E-state index in [0.717, 1.165) is 0 Å². The van der Waals surface area contributed by atoms with Crippen LogP contribution in [0.2, 0.25) is 0 Å². The maximum absolute atomic E-state index is 12.1. The van der Waals surface area contributed by atoms with E-state index in [1.165, 1.54) is 0 Å². The number of carbonyl (C=O) groups excluding carboxylic acids is 1. The molecule has 2 heterocycles. The second kappa shape index (κ2) is 10.1. The molecular weight excluding hydrogens is 485 g/mol. The van der Waals surface area contributed by atoms with Gasteiger partial charge in [-0.15, -0.1) is 24.0 Å². The lowest BCUT2D eigenvalue weighted by atomic mass is 10.2. The third kappa shape index (κ3) is 8.38. The first kappa shape index (κ1) is 24.2. The molecule has 0 aromatic heterocycles. The zero-order valence-corrected chi connectivity index (χ0v) is 19.5. The molecule has 1 amide bonds. The van der Waals surface area contributed by atoms with Crippen LogP contribution in [0.1, 0.15) is 20.8 Å². The quantitative estimate of drug-likeness (QED) is 0.324. The smallest absolute Gasteiger partial charge is 0.410 e. The molecule has 27 heavy (non-hydrogen) atoms. The lowest BCUT2D eigenvalue weighted by molar-refractivity contribution is 0.0186. The summed E-state index contributed by atoms with van der Waals surface area (Å²) in [5, 5.41) is 0. The molecule has 2 rings (SSSR count). The highest BCUT2D eigenvalue weighted by Crippen LogP contribution is 2.11. The number of hydrogen-bond acceptors (Lipinski definition) is 6. The maximum atomic E-state index is 12.1. The minimum absolute atomic E-state index is 0. The zero-order chi connectivity index (χ0) is 19.4. The van der Waals surface area contributed by atoms with Gasteiger partial charge in [-0.1, -0.05) is 0 Å². The fraction of sp³-hybridized carbons (Fsp3) is 0.875. The van der Waals surface area contributed by atoms with Crippen molar-refractivity contribution in [3.8, 4) is 0 Å². The van der Waals surface area contributed by atoms with Crippen molar-refractivity contribution in [3.63, 3.8) is 0 Å². The van der Waals surface area contributed by atoms with E-state index in [2.05, 4.69) is 9.89 Å². The van der Waals surface area contributed by atoms with Crippen molar-refractivity contribution in [1.82, 2.24) is 14.7 Å². The van der Waals surface area contributed by atoms with E-state index in [9.17, 15) is 13.2 Å². The third-order valence-corrected chi connectivity index (χ3v) is 5.99. The Morgan fingerprint density at radius 3 is 2.07 bits per heavy atom. The Morgan fingerprint density at radius 1 is 1.04 bits per heavy atom. The largest absolute Gasteiger partial charge is 0.444 e. The third-order valence-electron chi connectivity index (χ3n) is 4.38. The number of hydrogen-bond donors (Lipinski definition) is 1. The van der Waals surface area contributed by atoms with Gasteiger partial charge >= 0.3 is 6.09 Å². The van der Waals surface area contributed by atoms with Crippen LogP contribution in [-0.4, -0.2) is 105 Å². The Morgan fingerprint density at radius 2 is 1.56 bits per heavy atom. The Labute approximate surface area is 179 Å². The normalized spacial score (nSPS) is 21.5. The first-order valence-electron chi connectivity index (χ1n) is 9.01. The monoisotopic (exact) mass is 517 g/mol. The molecule has 2 fully saturated rings. The van der Waals surface area contributed by atoms with Gasteiger partial charge in [-0.3, -0.25) is 9.89 Å². The van der Waals surface area contributed by atoms with Crippen LogP contribution in [0, 0.1) is 0 Å². The summed E-state index contributed by atoms with van der Waals surface area (Å²) in [5.41, 5.74) is 5.56. The summed E-state index contributed by atoms with van der Waals surface area (Å²) in [6, 6.07) is 0. The second-order valence-electron chi connectivity index (χ2n) is 7.69. The van der Waals surface area contributed by atoms with Crippen molar-refractivity contribution in [2.24, 2.45) is 10.7 Å². The van der Waals surface area contributed by atoms with Gasteiger partial charge < -0.3 is 20.3 Å². The second-order valence-corrected chi connectivity index (χ2v) is 9.99. The standard InChI is InChI=1S/C16H31N5O4S.HI/c1-16(2,3)25-15(22)21-8-6-20(7-9-21)14(17)18-4-5-19-10-12-26(23,24)13-11-19;/h4-13H2,1-3H3,(H2,17,18);1H. The first-order chi connectivity index (χ1) is 12.1. The van der Waals surface area contributed by atoms with E-state index in [1.54, 1.807) is 4.90 Å². The van der Waals surface area contributed by atoms with Crippen LogP contribution in [0.15, 0.2) is 4.99 Å². The highest BCUT2D eigenvalue weighted by Gasteiger charge is 2.26. The number of halogens is 1. The van der Waals surface area contributed by atoms with Gasteiger partial charge in [0.2, 0.25) is 0 Å². The predicted molar refractivity (Wildman–Crippen MR) is 116 cm³/mol. The molecule has 0 radical (unpaired) electrons. The molecule has 0 atom stereocenters. The van der Waals surface area contributed by atoms with Crippen LogP contribution in [0.25, 0.3) is 0 Å². The van der Waals surface area contributed by atoms with Gasteiger partial charge in [-0.25, -0.2) is 13.2 Å². The van der Waals surface area contributed by atoms with Crippen LogP contribution in [0.3, 0.4) is 0 Å². The molecule has 0 unspecified atom stereocenters. The summed E-state index contributed by atoms with van der Waals surface area (Å²) in [5.74, 6) is 0.913. The summed E-state index contributed by atoms with van der Waals surface area (Å²) in [6.07, 6.45) is -0.298. The molecule has 0 aromatic rings. The Balaban J connectivity index is 0.00000364. The van der Waals surface area contributed by atoms with Crippen molar-refractivity contribution < 1.29 is 17.9 Å². The summed E-state index contributed by atoms with van der Waals surface area (Å²) in [6.45, 7) is 10.3. The lowest BCUT2D eigenvalue weighted by Gasteiger charge is -2.36. The molecular formula is C16H32IN5O4S. The van der Waals surface area contributed by atoms with E-state index in [-0.39, 0.29) is 41.6 Å². The highest BCUT2D eigenvalue weighted by atomic mass is 127. The van der Waals surface area contributed by atoms with Crippen molar-refractivity contribution in [2.45, 2.75) is 26.4 Å². The average molecular weight is 517 g/mol. The van der Waals surface area contributed by atoms with Gasteiger partial charge in [0.1, 0.15) is 5.60 Å². The molecule has 2 aliphatic rings. The minimum atomic E-state index is -2.85. The fourth-order valence-corrected chi connectivity index (χ4v) is 4.10. The number of rotatable bonds is 3. The van der Waals surface area contributed by atoms with Crippen LogP contribution in [0.4, 0.5) is 4.79 Å². The fourth-order valence-electron chi connectivity index (χ4n) is 2.82. The topological polar surface area (TPSA) is 109 Å². The number of guanidine groups is 1. The number of aliphatic imine (C=N–C) groups is 1. The molecule has 0 aromatic carbocycles. The Kier molecular flexibility index (Phi) is 9.06. The van der Waals surface area contributed by atoms with Crippen molar-refractivity contribution in [3.05, 3.63) is 0 Å². The van der Waals surface area contributed by atoms with Crippen molar-refractivity contribution >= 4 is 45.9 Å². The Hall–Kier alpha value is -0.820. The minimum Gasteiger partial charge on any atom is -0.444 e. The van der Waals surface area contributed by atoms with E-state index < -0.39 is 15.4 Å². The average Bonchev–Trinajstić information content (AvgIpc) is 2.55. The predicted octanol–water partition coefficient (Wildman–Crippen LogP) is 0.202. The van der Waals surface area contributed by atoms with Gasteiger partial charge in [-0.2, -0.15) is 0 Å². The Bertz CT molecular complexity index is 613. The number of nitrogens with zero attached hydrogens (tertiary/aromatic N) is 4. The number of nitrogens with two attached hydrogens (primary N) is 1. The number of amides is 1. The molecule has 9 nitrogen and oxygen atoms in total. The molecule has 11 heteroatoms. The molecule has 0 aliphatic carbocycles. The van der Waals surface area contributed by atoms with E-state index >= 15 is 0 Å². The van der Waals surface area contributed by atoms with Crippen LogP contribution >= 0.6 is 24.0 Å².